The van der Waals surface area contributed by atoms with Crippen LogP contribution in [0.1, 0.15) is 12.5 Å². The maximum absolute atomic E-state index is 12.3. The lowest BCUT2D eigenvalue weighted by atomic mass is 10.1. The Morgan fingerprint density at radius 1 is 1.00 bits per heavy atom. The molecule has 0 bridgehead atoms. The molecule has 0 aliphatic rings. The minimum atomic E-state index is -0.528. The van der Waals surface area contributed by atoms with Gasteiger partial charge in [0.05, 0.1) is 0 Å². The molecule has 0 radical (unpaired) electrons. The average molecular weight is 365 g/mol. The number of fused-ring (bicyclic) bond motifs is 1. The van der Waals surface area contributed by atoms with Gasteiger partial charge in [-0.15, -0.1) is 0 Å². The van der Waals surface area contributed by atoms with Crippen molar-refractivity contribution in [3.63, 3.8) is 0 Å². The van der Waals surface area contributed by atoms with E-state index in [2.05, 4.69) is 17.4 Å². The van der Waals surface area contributed by atoms with Crippen molar-refractivity contribution in [2.24, 2.45) is 0 Å². The number of amides is 1. The molecule has 134 valence electrons. The second-order valence-electron chi connectivity index (χ2n) is 6.07. The Morgan fingerprint density at radius 2 is 1.73 bits per heavy atom. The SMILES string of the molecule is C[C@H](Oc1cccc2ccccc12)C(=O)NCCSCc1ccccc1. The molecule has 0 aromatic heterocycles. The van der Waals surface area contributed by atoms with Crippen molar-refractivity contribution >= 4 is 28.4 Å². The Labute approximate surface area is 158 Å². The molecule has 26 heavy (non-hydrogen) atoms. The van der Waals surface area contributed by atoms with Crippen LogP contribution in [0, 0.1) is 0 Å². The van der Waals surface area contributed by atoms with Gasteiger partial charge in [-0.2, -0.15) is 11.8 Å². The molecule has 0 unspecified atom stereocenters. The molecule has 1 atom stereocenters. The lowest BCUT2D eigenvalue weighted by molar-refractivity contribution is -0.127. The van der Waals surface area contributed by atoms with Gasteiger partial charge in [-0.3, -0.25) is 4.79 Å². The normalized spacial score (nSPS) is 11.9. The standard InChI is InChI=1S/C22H23NO2S/c1-17(25-21-13-7-11-19-10-5-6-12-20(19)21)22(24)23-14-15-26-16-18-8-3-2-4-9-18/h2-13,17H,14-16H2,1H3,(H,23,24)/t17-/m0/s1. The van der Waals surface area contributed by atoms with Crippen LogP contribution >= 0.6 is 11.8 Å². The fourth-order valence-corrected chi connectivity index (χ4v) is 3.52. The number of ether oxygens (including phenoxy) is 1. The summed E-state index contributed by atoms with van der Waals surface area (Å²) in [5.41, 5.74) is 1.30. The molecule has 0 heterocycles. The predicted molar refractivity (Wildman–Crippen MR) is 110 cm³/mol. The van der Waals surface area contributed by atoms with E-state index in [0.717, 1.165) is 28.0 Å². The minimum absolute atomic E-state index is 0.0850. The highest BCUT2D eigenvalue weighted by molar-refractivity contribution is 7.98. The van der Waals surface area contributed by atoms with Crippen LogP contribution in [0.15, 0.2) is 72.8 Å². The van der Waals surface area contributed by atoms with Crippen molar-refractivity contribution in [2.75, 3.05) is 12.3 Å². The van der Waals surface area contributed by atoms with Crippen LogP contribution in [0.3, 0.4) is 0 Å². The number of benzene rings is 3. The van der Waals surface area contributed by atoms with Gasteiger partial charge in [0.2, 0.25) is 0 Å². The van der Waals surface area contributed by atoms with Crippen molar-refractivity contribution in [1.82, 2.24) is 5.32 Å². The molecule has 3 nitrogen and oxygen atoms in total. The number of carbonyl (C=O) groups excluding carboxylic acids is 1. The van der Waals surface area contributed by atoms with E-state index >= 15 is 0 Å². The van der Waals surface area contributed by atoms with E-state index in [1.165, 1.54) is 5.56 Å². The minimum Gasteiger partial charge on any atom is -0.480 e. The van der Waals surface area contributed by atoms with E-state index in [1.807, 2.05) is 72.4 Å². The van der Waals surface area contributed by atoms with Gasteiger partial charge in [-0.1, -0.05) is 66.7 Å². The number of thioether (sulfide) groups is 1. The first-order valence-electron chi connectivity index (χ1n) is 8.78. The largest absolute Gasteiger partial charge is 0.480 e. The summed E-state index contributed by atoms with van der Waals surface area (Å²) < 4.78 is 5.90. The fourth-order valence-electron chi connectivity index (χ4n) is 2.70. The highest BCUT2D eigenvalue weighted by Gasteiger charge is 2.15. The first kappa shape index (κ1) is 18.3. The van der Waals surface area contributed by atoms with Crippen LogP contribution in [0.2, 0.25) is 0 Å². The number of carbonyl (C=O) groups is 1. The summed E-state index contributed by atoms with van der Waals surface area (Å²) >= 11 is 1.81. The number of rotatable bonds is 8. The Balaban J connectivity index is 1.44. The third kappa shape index (κ3) is 5.02. The van der Waals surface area contributed by atoms with Gasteiger partial charge in [0.1, 0.15) is 5.75 Å². The Kier molecular flexibility index (Phi) is 6.56. The summed E-state index contributed by atoms with van der Waals surface area (Å²) in [6.07, 6.45) is -0.528. The summed E-state index contributed by atoms with van der Waals surface area (Å²) in [6, 6.07) is 24.3. The van der Waals surface area contributed by atoms with Crippen molar-refractivity contribution in [3.05, 3.63) is 78.4 Å². The van der Waals surface area contributed by atoms with Crippen LogP contribution in [0.25, 0.3) is 10.8 Å². The lowest BCUT2D eigenvalue weighted by Gasteiger charge is -2.16. The van der Waals surface area contributed by atoms with E-state index in [1.54, 1.807) is 6.92 Å². The first-order chi connectivity index (χ1) is 12.7. The average Bonchev–Trinajstić information content (AvgIpc) is 2.68. The van der Waals surface area contributed by atoms with Gasteiger partial charge in [-0.05, 0) is 23.9 Å². The van der Waals surface area contributed by atoms with Crippen molar-refractivity contribution in [1.29, 1.82) is 0 Å². The van der Waals surface area contributed by atoms with Crippen LogP contribution in [0.5, 0.6) is 5.75 Å². The third-order valence-corrected chi connectivity index (χ3v) is 5.11. The second kappa shape index (κ2) is 9.30. The maximum atomic E-state index is 12.3. The Morgan fingerprint density at radius 3 is 2.58 bits per heavy atom. The molecule has 3 aromatic carbocycles. The Hall–Kier alpha value is -2.46. The van der Waals surface area contributed by atoms with Gasteiger partial charge < -0.3 is 10.1 Å². The number of nitrogens with one attached hydrogen (secondary N) is 1. The summed E-state index contributed by atoms with van der Waals surface area (Å²) in [6.45, 7) is 2.42. The van der Waals surface area contributed by atoms with Crippen molar-refractivity contribution < 1.29 is 9.53 Å². The zero-order chi connectivity index (χ0) is 18.2. The predicted octanol–water partition coefficient (Wildman–Crippen LogP) is 4.66. The van der Waals surface area contributed by atoms with Crippen molar-refractivity contribution in [2.45, 2.75) is 18.8 Å². The van der Waals surface area contributed by atoms with Gasteiger partial charge >= 0.3 is 0 Å². The second-order valence-corrected chi connectivity index (χ2v) is 7.17. The quantitative estimate of drug-likeness (QED) is 0.590. The number of hydrogen-bond donors (Lipinski definition) is 1. The van der Waals surface area contributed by atoms with Crippen LogP contribution in [-0.4, -0.2) is 24.3 Å². The van der Waals surface area contributed by atoms with E-state index < -0.39 is 6.10 Å². The molecule has 0 saturated heterocycles. The van der Waals surface area contributed by atoms with Crippen LogP contribution in [-0.2, 0) is 10.5 Å². The summed E-state index contributed by atoms with van der Waals surface area (Å²) in [4.78, 5) is 12.3. The molecular formula is C22H23NO2S. The highest BCUT2D eigenvalue weighted by Crippen LogP contribution is 2.26. The van der Waals surface area contributed by atoms with Gasteiger partial charge in [-0.25, -0.2) is 0 Å². The summed E-state index contributed by atoms with van der Waals surface area (Å²) in [7, 11) is 0. The summed E-state index contributed by atoms with van der Waals surface area (Å²) in [5, 5.41) is 5.08. The number of hydrogen-bond acceptors (Lipinski definition) is 3. The van der Waals surface area contributed by atoms with E-state index in [0.29, 0.717) is 6.54 Å². The van der Waals surface area contributed by atoms with Crippen LogP contribution in [0.4, 0.5) is 0 Å². The molecule has 0 fully saturated rings. The zero-order valence-electron chi connectivity index (χ0n) is 14.9. The fraction of sp³-hybridized carbons (Fsp3) is 0.227. The highest BCUT2D eigenvalue weighted by atomic mass is 32.2. The lowest BCUT2D eigenvalue weighted by Crippen LogP contribution is -2.37. The first-order valence-corrected chi connectivity index (χ1v) is 9.93. The van der Waals surface area contributed by atoms with E-state index in [-0.39, 0.29) is 5.91 Å². The molecular weight excluding hydrogens is 342 g/mol. The maximum Gasteiger partial charge on any atom is 0.260 e. The van der Waals surface area contributed by atoms with E-state index in [9.17, 15) is 4.79 Å². The third-order valence-electron chi connectivity index (χ3n) is 4.08. The smallest absolute Gasteiger partial charge is 0.260 e. The van der Waals surface area contributed by atoms with Crippen LogP contribution < -0.4 is 10.1 Å². The van der Waals surface area contributed by atoms with Gasteiger partial charge in [0, 0.05) is 23.4 Å². The van der Waals surface area contributed by atoms with Crippen molar-refractivity contribution in [3.8, 4) is 5.75 Å². The molecule has 1 amide bonds. The molecule has 3 aromatic rings. The molecule has 0 saturated carbocycles. The molecule has 0 spiro atoms. The molecule has 3 rings (SSSR count). The zero-order valence-corrected chi connectivity index (χ0v) is 15.7. The molecule has 0 aliphatic carbocycles. The monoisotopic (exact) mass is 365 g/mol. The van der Waals surface area contributed by atoms with Gasteiger partial charge in [0.25, 0.3) is 5.91 Å². The topological polar surface area (TPSA) is 38.3 Å². The molecule has 0 aliphatic heterocycles. The molecule has 4 heteroatoms. The Bertz CT molecular complexity index is 846. The van der Waals surface area contributed by atoms with Gasteiger partial charge in [0.15, 0.2) is 6.10 Å². The van der Waals surface area contributed by atoms with E-state index in [4.69, 9.17) is 4.74 Å². The summed E-state index contributed by atoms with van der Waals surface area (Å²) in [5.74, 6) is 2.49. The molecule has 1 N–H and O–H groups in total.